The van der Waals surface area contributed by atoms with Crippen molar-refractivity contribution in [1.82, 2.24) is 4.98 Å². The fourth-order valence-corrected chi connectivity index (χ4v) is 3.45. The number of nitrogens with one attached hydrogen (secondary N) is 1. The highest BCUT2D eigenvalue weighted by molar-refractivity contribution is 7.10. The first kappa shape index (κ1) is 17.0. The van der Waals surface area contributed by atoms with Crippen molar-refractivity contribution in [2.45, 2.75) is 13.3 Å². The molecular formula is C18H14Cl2N2OS. The molecule has 6 heteroatoms. The average molecular weight is 377 g/mol. The van der Waals surface area contributed by atoms with Gasteiger partial charge in [0.15, 0.2) is 0 Å². The van der Waals surface area contributed by atoms with Crippen molar-refractivity contribution in [3.8, 4) is 11.3 Å². The van der Waals surface area contributed by atoms with E-state index in [0.717, 1.165) is 27.5 Å². The van der Waals surface area contributed by atoms with Crippen LogP contribution in [0, 0.1) is 6.92 Å². The molecule has 0 bridgehead atoms. The minimum Gasteiger partial charge on any atom is -0.326 e. The minimum atomic E-state index is -0.0984. The first-order valence-electron chi connectivity index (χ1n) is 7.27. The number of amides is 1. The third-order valence-corrected chi connectivity index (χ3v) is 4.78. The molecular weight excluding hydrogens is 363 g/mol. The summed E-state index contributed by atoms with van der Waals surface area (Å²) in [5, 5.41) is 6.67. The Hall–Kier alpha value is -1.88. The molecule has 1 aromatic heterocycles. The van der Waals surface area contributed by atoms with Gasteiger partial charge in [-0.05, 0) is 42.8 Å². The molecule has 0 radical (unpaired) electrons. The van der Waals surface area contributed by atoms with Crippen molar-refractivity contribution in [1.29, 1.82) is 0 Å². The molecule has 0 saturated heterocycles. The summed E-state index contributed by atoms with van der Waals surface area (Å²) >= 11 is 13.6. The molecule has 0 aliphatic carbocycles. The van der Waals surface area contributed by atoms with Crippen LogP contribution in [-0.4, -0.2) is 10.9 Å². The van der Waals surface area contributed by atoms with Crippen LogP contribution in [0.15, 0.2) is 47.8 Å². The van der Waals surface area contributed by atoms with E-state index in [0.29, 0.717) is 10.0 Å². The Morgan fingerprint density at radius 2 is 2.04 bits per heavy atom. The topological polar surface area (TPSA) is 42.0 Å². The number of halogens is 2. The van der Waals surface area contributed by atoms with Gasteiger partial charge in [0.1, 0.15) is 5.01 Å². The number of aromatic nitrogens is 1. The van der Waals surface area contributed by atoms with Crippen molar-refractivity contribution in [3.05, 3.63) is 68.5 Å². The molecule has 3 rings (SSSR count). The van der Waals surface area contributed by atoms with E-state index in [1.165, 1.54) is 11.3 Å². The van der Waals surface area contributed by atoms with E-state index >= 15 is 0 Å². The van der Waals surface area contributed by atoms with E-state index in [4.69, 9.17) is 23.2 Å². The summed E-state index contributed by atoms with van der Waals surface area (Å²) in [7, 11) is 0. The Morgan fingerprint density at radius 3 is 2.83 bits per heavy atom. The zero-order valence-corrected chi connectivity index (χ0v) is 15.2. The van der Waals surface area contributed by atoms with Crippen LogP contribution in [0.5, 0.6) is 0 Å². The summed E-state index contributed by atoms with van der Waals surface area (Å²) in [5.74, 6) is -0.0984. The Labute approximate surface area is 154 Å². The molecule has 0 saturated carbocycles. The van der Waals surface area contributed by atoms with Gasteiger partial charge in [0.05, 0.1) is 17.1 Å². The standard InChI is InChI=1S/C18H14Cl2N2OS/c1-11-3-2-4-13(7-11)21-17(23)9-18-22-16(10-24-18)14-8-12(19)5-6-15(14)20/h2-8,10H,9H2,1H3,(H,21,23). The van der Waals surface area contributed by atoms with E-state index in [-0.39, 0.29) is 12.3 Å². The summed E-state index contributed by atoms with van der Waals surface area (Å²) in [4.78, 5) is 16.7. The number of rotatable bonds is 4. The Bertz CT molecular complexity index is 892. The highest BCUT2D eigenvalue weighted by Gasteiger charge is 2.12. The number of carbonyl (C=O) groups is 1. The van der Waals surface area contributed by atoms with E-state index in [2.05, 4.69) is 10.3 Å². The Kier molecular flexibility index (Phi) is 5.19. The van der Waals surface area contributed by atoms with Crippen LogP contribution in [0.4, 0.5) is 5.69 Å². The molecule has 0 unspecified atom stereocenters. The largest absolute Gasteiger partial charge is 0.326 e. The highest BCUT2D eigenvalue weighted by Crippen LogP contribution is 2.31. The Balaban J connectivity index is 1.72. The fraction of sp³-hybridized carbons (Fsp3) is 0.111. The van der Waals surface area contributed by atoms with Crippen LogP contribution >= 0.6 is 34.5 Å². The van der Waals surface area contributed by atoms with Crippen molar-refractivity contribution in [3.63, 3.8) is 0 Å². The normalized spacial score (nSPS) is 10.6. The van der Waals surface area contributed by atoms with Gasteiger partial charge in [-0.2, -0.15) is 0 Å². The maximum atomic E-state index is 12.2. The summed E-state index contributed by atoms with van der Waals surface area (Å²) in [6.45, 7) is 1.98. The molecule has 3 aromatic rings. The van der Waals surface area contributed by atoms with Gasteiger partial charge in [0, 0.05) is 21.7 Å². The first-order chi connectivity index (χ1) is 11.5. The van der Waals surface area contributed by atoms with Crippen LogP contribution in [0.3, 0.4) is 0 Å². The van der Waals surface area contributed by atoms with Crippen molar-refractivity contribution in [2.75, 3.05) is 5.32 Å². The van der Waals surface area contributed by atoms with Crippen LogP contribution in [-0.2, 0) is 11.2 Å². The van der Waals surface area contributed by atoms with Crippen LogP contribution in [0.25, 0.3) is 11.3 Å². The highest BCUT2D eigenvalue weighted by atomic mass is 35.5. The number of hydrogen-bond acceptors (Lipinski definition) is 3. The van der Waals surface area contributed by atoms with Crippen LogP contribution in [0.1, 0.15) is 10.6 Å². The van der Waals surface area contributed by atoms with Gasteiger partial charge < -0.3 is 5.32 Å². The molecule has 1 amide bonds. The number of aryl methyl sites for hydroxylation is 1. The van der Waals surface area contributed by atoms with Crippen molar-refractivity contribution in [2.24, 2.45) is 0 Å². The number of nitrogens with zero attached hydrogens (tertiary/aromatic N) is 1. The quantitative estimate of drug-likeness (QED) is 0.642. The maximum Gasteiger partial charge on any atom is 0.231 e. The van der Waals surface area contributed by atoms with E-state index in [1.807, 2.05) is 36.6 Å². The lowest BCUT2D eigenvalue weighted by atomic mass is 10.2. The lowest BCUT2D eigenvalue weighted by Crippen LogP contribution is -2.14. The maximum absolute atomic E-state index is 12.2. The van der Waals surface area contributed by atoms with Gasteiger partial charge in [0.25, 0.3) is 0 Å². The lowest BCUT2D eigenvalue weighted by molar-refractivity contribution is -0.115. The summed E-state index contributed by atoms with van der Waals surface area (Å²) < 4.78 is 0. The Morgan fingerprint density at radius 1 is 1.21 bits per heavy atom. The third-order valence-electron chi connectivity index (χ3n) is 3.37. The molecule has 0 fully saturated rings. The third kappa shape index (κ3) is 4.15. The van der Waals surface area contributed by atoms with Gasteiger partial charge >= 0.3 is 0 Å². The van der Waals surface area contributed by atoms with Crippen LogP contribution in [0.2, 0.25) is 10.0 Å². The number of thiazole rings is 1. The number of carbonyl (C=O) groups excluding carboxylic acids is 1. The number of benzene rings is 2. The number of hydrogen-bond donors (Lipinski definition) is 1. The predicted octanol–water partition coefficient (Wildman–Crippen LogP) is 5.61. The molecule has 0 aliphatic rings. The zero-order chi connectivity index (χ0) is 17.1. The molecule has 2 aromatic carbocycles. The van der Waals surface area contributed by atoms with E-state index in [1.54, 1.807) is 18.2 Å². The SMILES string of the molecule is Cc1cccc(NC(=O)Cc2nc(-c3cc(Cl)ccc3Cl)cs2)c1. The van der Waals surface area contributed by atoms with E-state index < -0.39 is 0 Å². The molecule has 1 heterocycles. The van der Waals surface area contributed by atoms with Crippen molar-refractivity contribution >= 4 is 46.1 Å². The zero-order valence-electron chi connectivity index (χ0n) is 12.8. The predicted molar refractivity (Wildman–Crippen MR) is 101 cm³/mol. The van der Waals surface area contributed by atoms with Gasteiger partial charge in [-0.15, -0.1) is 11.3 Å². The molecule has 122 valence electrons. The van der Waals surface area contributed by atoms with Gasteiger partial charge in [0.2, 0.25) is 5.91 Å². The summed E-state index contributed by atoms with van der Waals surface area (Å²) in [6.07, 6.45) is 0.219. The lowest BCUT2D eigenvalue weighted by Gasteiger charge is -2.04. The van der Waals surface area contributed by atoms with Crippen LogP contribution < -0.4 is 5.32 Å². The first-order valence-corrected chi connectivity index (χ1v) is 8.91. The monoisotopic (exact) mass is 376 g/mol. The molecule has 0 spiro atoms. The average Bonchev–Trinajstić information content (AvgIpc) is 2.97. The molecule has 0 aliphatic heterocycles. The van der Waals surface area contributed by atoms with E-state index in [9.17, 15) is 4.79 Å². The molecule has 24 heavy (non-hydrogen) atoms. The second-order valence-corrected chi connectivity index (χ2v) is 7.13. The smallest absolute Gasteiger partial charge is 0.231 e. The molecule has 3 nitrogen and oxygen atoms in total. The van der Waals surface area contributed by atoms with Gasteiger partial charge in [-0.3, -0.25) is 4.79 Å². The van der Waals surface area contributed by atoms with Crippen molar-refractivity contribution < 1.29 is 4.79 Å². The molecule has 0 atom stereocenters. The minimum absolute atomic E-state index is 0.0984. The fourth-order valence-electron chi connectivity index (χ4n) is 2.27. The summed E-state index contributed by atoms with van der Waals surface area (Å²) in [5.41, 5.74) is 3.38. The second kappa shape index (κ2) is 7.34. The second-order valence-electron chi connectivity index (χ2n) is 5.35. The number of anilines is 1. The van der Waals surface area contributed by atoms with Gasteiger partial charge in [-0.1, -0.05) is 35.3 Å². The van der Waals surface area contributed by atoms with Gasteiger partial charge in [-0.25, -0.2) is 4.98 Å². The summed E-state index contributed by atoms with van der Waals surface area (Å²) in [6, 6.07) is 12.9. The molecule has 1 N–H and O–H groups in total.